The molecule has 1 aliphatic heterocycles. The molecule has 0 bridgehead atoms. The molecule has 1 saturated heterocycles. The Morgan fingerprint density at radius 3 is 2.49 bits per heavy atom. The minimum Gasteiger partial charge on any atom is -0.486 e. The van der Waals surface area contributed by atoms with Gasteiger partial charge in [-0.3, -0.25) is 19.8 Å². The minimum atomic E-state index is -3.43. The molecule has 5 rings (SSSR count). The number of aromatic amines is 1. The molecule has 1 aliphatic rings. The number of carbonyl (C=O) groups is 1. The first-order valence-corrected chi connectivity index (χ1v) is 13.9. The number of piperazine rings is 1. The Kier molecular flexibility index (Phi) is 6.80. The number of sulfonamides is 1. The van der Waals surface area contributed by atoms with Gasteiger partial charge in [-0.1, -0.05) is 23.2 Å². The summed E-state index contributed by atoms with van der Waals surface area (Å²) in [4.78, 5) is 22.5. The second-order valence-electron chi connectivity index (χ2n) is 8.60. The molecule has 1 aromatic carbocycles. The number of nitrogens with zero attached hydrogens (tertiary/aromatic N) is 5. The number of pyridine rings is 2. The molecule has 192 valence electrons. The van der Waals surface area contributed by atoms with E-state index in [9.17, 15) is 13.2 Å². The number of aromatic nitrogens is 4. The number of fused-ring (bicyclic) bond motifs is 1. The Hall–Kier alpha value is -3.25. The number of amides is 1. The van der Waals surface area contributed by atoms with E-state index in [2.05, 4.69) is 20.2 Å². The molecule has 3 aromatic heterocycles. The molecule has 0 spiro atoms. The number of anilines is 1. The number of benzene rings is 1. The molecule has 10 nitrogen and oxygen atoms in total. The second kappa shape index (κ2) is 9.90. The fraction of sp³-hybridized carbons (Fsp3) is 0.250. The number of rotatable bonds is 6. The third kappa shape index (κ3) is 5.12. The first-order valence-electron chi connectivity index (χ1n) is 11.3. The van der Waals surface area contributed by atoms with Gasteiger partial charge in [0.1, 0.15) is 23.4 Å². The van der Waals surface area contributed by atoms with Gasteiger partial charge in [0.15, 0.2) is 0 Å². The zero-order valence-electron chi connectivity index (χ0n) is 19.9. The van der Waals surface area contributed by atoms with Gasteiger partial charge in [-0.25, -0.2) is 13.4 Å². The van der Waals surface area contributed by atoms with E-state index in [0.29, 0.717) is 32.9 Å². The van der Waals surface area contributed by atoms with Crippen LogP contribution in [-0.4, -0.2) is 64.7 Å². The third-order valence-corrected chi connectivity index (χ3v) is 7.95. The first kappa shape index (κ1) is 25.4. The lowest BCUT2D eigenvalue weighted by molar-refractivity contribution is -0.120. The predicted octanol–water partition coefficient (Wildman–Crippen LogP) is 4.07. The summed E-state index contributed by atoms with van der Waals surface area (Å²) in [7, 11) is -3.43. The molecule has 0 unspecified atom stereocenters. The van der Waals surface area contributed by atoms with Crippen LogP contribution in [0.3, 0.4) is 0 Å². The zero-order chi connectivity index (χ0) is 26.3. The molecule has 1 fully saturated rings. The van der Waals surface area contributed by atoms with Crippen LogP contribution in [0.5, 0.6) is 5.75 Å². The van der Waals surface area contributed by atoms with E-state index < -0.39 is 16.1 Å². The number of halogens is 2. The van der Waals surface area contributed by atoms with Crippen molar-refractivity contribution < 1.29 is 17.9 Å². The normalized spacial score (nSPS) is 15.8. The minimum absolute atomic E-state index is 0.205. The number of carbonyl (C=O) groups excluding carboxylic acids is 1. The topological polar surface area (TPSA) is 121 Å². The highest BCUT2D eigenvalue weighted by Gasteiger charge is 2.30. The summed E-state index contributed by atoms with van der Waals surface area (Å²) in [5.41, 5.74) is 2.87. The molecule has 1 amide bonds. The molecular weight excluding hydrogens is 539 g/mol. The Bertz CT molecular complexity index is 1570. The van der Waals surface area contributed by atoms with Gasteiger partial charge >= 0.3 is 0 Å². The van der Waals surface area contributed by atoms with E-state index in [1.165, 1.54) is 17.3 Å². The monoisotopic (exact) mass is 560 g/mol. The molecule has 0 radical (unpaired) electrons. The number of nitrogens with one attached hydrogen (secondary N) is 1. The zero-order valence-corrected chi connectivity index (χ0v) is 22.2. The molecule has 4 aromatic rings. The van der Waals surface area contributed by atoms with Crippen LogP contribution in [0.25, 0.3) is 22.2 Å². The predicted molar refractivity (Wildman–Crippen MR) is 141 cm³/mol. The van der Waals surface area contributed by atoms with E-state index in [4.69, 9.17) is 27.9 Å². The van der Waals surface area contributed by atoms with Gasteiger partial charge in [-0.2, -0.15) is 9.40 Å². The molecule has 4 heterocycles. The molecule has 1 N–H and O–H groups in total. The molecule has 13 heteroatoms. The van der Waals surface area contributed by atoms with Crippen molar-refractivity contribution in [3.63, 3.8) is 0 Å². The fourth-order valence-electron chi connectivity index (χ4n) is 4.22. The van der Waals surface area contributed by atoms with Crippen molar-refractivity contribution in [2.75, 3.05) is 30.8 Å². The highest BCUT2D eigenvalue weighted by Crippen LogP contribution is 2.35. The lowest BCUT2D eigenvalue weighted by Gasteiger charge is -2.32. The van der Waals surface area contributed by atoms with Gasteiger partial charge in [0.05, 0.1) is 28.4 Å². The van der Waals surface area contributed by atoms with Crippen molar-refractivity contribution in [1.82, 2.24) is 24.5 Å². The Morgan fingerprint density at radius 1 is 1.08 bits per heavy atom. The number of hydrogen-bond acceptors (Lipinski definition) is 7. The Labute approximate surface area is 223 Å². The van der Waals surface area contributed by atoms with Crippen molar-refractivity contribution in [2.45, 2.75) is 13.0 Å². The summed E-state index contributed by atoms with van der Waals surface area (Å²) >= 11 is 12.6. The lowest BCUT2D eigenvalue weighted by atomic mass is 10.1. The van der Waals surface area contributed by atoms with Crippen LogP contribution in [0.15, 0.2) is 48.9 Å². The van der Waals surface area contributed by atoms with Crippen molar-refractivity contribution in [3.05, 3.63) is 64.5 Å². The summed E-state index contributed by atoms with van der Waals surface area (Å²) < 4.78 is 30.8. The van der Waals surface area contributed by atoms with Crippen LogP contribution in [0.1, 0.15) is 18.6 Å². The van der Waals surface area contributed by atoms with E-state index in [1.54, 1.807) is 12.3 Å². The van der Waals surface area contributed by atoms with Crippen molar-refractivity contribution in [1.29, 1.82) is 0 Å². The largest absolute Gasteiger partial charge is 0.486 e. The SMILES string of the molecule is C[C@@H](Oc1ccc2[nH]nc(-c3ccc(N4CCN(S(C)(=O)=O)CC4=O)nc3)c2c1)c1c(Cl)cncc1Cl. The number of hydrogen-bond donors (Lipinski definition) is 1. The van der Waals surface area contributed by atoms with Crippen LogP contribution >= 0.6 is 23.2 Å². The van der Waals surface area contributed by atoms with Crippen molar-refractivity contribution in [2.24, 2.45) is 0 Å². The first-order chi connectivity index (χ1) is 17.6. The number of H-pyrrole nitrogens is 1. The standard InChI is InChI=1S/C24H22Cl2N6O4S/c1-14(23-18(25)11-27-12-19(23)26)36-16-4-5-20-17(9-16)24(30-29-20)15-3-6-21(28-10-15)32-8-7-31(13-22(32)33)37(2,34)35/h3-6,9-12,14H,7-8,13H2,1-2H3,(H,29,30)/t14-/m1/s1. The fourth-order valence-corrected chi connectivity index (χ4v) is 5.65. The average Bonchev–Trinajstić information content (AvgIpc) is 3.27. The maximum absolute atomic E-state index is 12.5. The van der Waals surface area contributed by atoms with E-state index in [1.807, 2.05) is 31.2 Å². The van der Waals surface area contributed by atoms with Gasteiger partial charge < -0.3 is 4.74 Å². The maximum atomic E-state index is 12.5. The van der Waals surface area contributed by atoms with Crippen LogP contribution in [0, 0.1) is 0 Å². The summed E-state index contributed by atoms with van der Waals surface area (Å²) in [5, 5.41) is 9.12. The van der Waals surface area contributed by atoms with Crippen LogP contribution in [0.4, 0.5) is 5.82 Å². The van der Waals surface area contributed by atoms with E-state index in [-0.39, 0.29) is 25.5 Å². The highest BCUT2D eigenvalue weighted by atomic mass is 35.5. The molecular formula is C24H22Cl2N6O4S. The van der Waals surface area contributed by atoms with Gasteiger partial charge in [0, 0.05) is 48.2 Å². The lowest BCUT2D eigenvalue weighted by Crippen LogP contribution is -2.52. The van der Waals surface area contributed by atoms with Gasteiger partial charge in [-0.15, -0.1) is 0 Å². The van der Waals surface area contributed by atoms with E-state index in [0.717, 1.165) is 27.0 Å². The van der Waals surface area contributed by atoms with Gasteiger partial charge in [0.2, 0.25) is 15.9 Å². The van der Waals surface area contributed by atoms with Crippen LogP contribution < -0.4 is 9.64 Å². The smallest absolute Gasteiger partial charge is 0.243 e. The Morgan fingerprint density at radius 2 is 1.84 bits per heavy atom. The quantitative estimate of drug-likeness (QED) is 0.377. The Balaban J connectivity index is 1.37. The second-order valence-corrected chi connectivity index (χ2v) is 11.4. The summed E-state index contributed by atoms with van der Waals surface area (Å²) in [6.07, 6.45) is 5.36. The maximum Gasteiger partial charge on any atom is 0.243 e. The van der Waals surface area contributed by atoms with Crippen LogP contribution in [-0.2, 0) is 14.8 Å². The molecule has 0 aliphatic carbocycles. The summed E-state index contributed by atoms with van der Waals surface area (Å²) in [6.45, 7) is 2.10. The van der Waals surface area contributed by atoms with Gasteiger partial charge in [-0.05, 0) is 37.3 Å². The molecule has 1 atom stereocenters. The molecule has 37 heavy (non-hydrogen) atoms. The molecule has 0 saturated carbocycles. The third-order valence-electron chi connectivity index (χ3n) is 6.10. The number of ether oxygens (including phenoxy) is 1. The summed E-state index contributed by atoms with van der Waals surface area (Å²) in [5.74, 6) is 0.726. The van der Waals surface area contributed by atoms with Gasteiger partial charge in [0.25, 0.3) is 0 Å². The average molecular weight is 561 g/mol. The summed E-state index contributed by atoms with van der Waals surface area (Å²) in [6, 6.07) is 9.11. The highest BCUT2D eigenvalue weighted by molar-refractivity contribution is 7.88. The van der Waals surface area contributed by atoms with Crippen LogP contribution in [0.2, 0.25) is 10.0 Å². The van der Waals surface area contributed by atoms with Crippen molar-refractivity contribution >= 4 is 55.9 Å². The van der Waals surface area contributed by atoms with Crippen molar-refractivity contribution in [3.8, 4) is 17.0 Å². The van der Waals surface area contributed by atoms with E-state index >= 15 is 0 Å².